The van der Waals surface area contributed by atoms with Crippen molar-refractivity contribution >= 4 is 29.2 Å². The van der Waals surface area contributed by atoms with E-state index in [9.17, 15) is 9.59 Å². The van der Waals surface area contributed by atoms with Gasteiger partial charge in [0.1, 0.15) is 0 Å². The van der Waals surface area contributed by atoms with Crippen LogP contribution in [-0.4, -0.2) is 18.0 Å². The Hall–Kier alpha value is -1.55. The number of benzene rings is 1. The second kappa shape index (κ2) is 5.51. The van der Waals surface area contributed by atoms with Gasteiger partial charge in [0.15, 0.2) is 0 Å². The third kappa shape index (κ3) is 3.55. The van der Waals surface area contributed by atoms with Crippen molar-refractivity contribution in [1.29, 1.82) is 0 Å². The van der Waals surface area contributed by atoms with Gasteiger partial charge in [-0.15, -0.1) is 0 Å². The summed E-state index contributed by atoms with van der Waals surface area (Å²) in [6.07, 6.45) is -0.329. The van der Waals surface area contributed by atoms with E-state index in [1.165, 1.54) is 0 Å². The van der Waals surface area contributed by atoms with E-state index < -0.39 is 11.9 Å². The average Bonchev–Trinajstić information content (AvgIpc) is 2.20. The molecule has 1 aromatic carbocycles. The largest absolute Gasteiger partial charge is 0.456 e. The first-order valence-corrected chi connectivity index (χ1v) is 5.15. The van der Waals surface area contributed by atoms with Crippen LogP contribution in [0.1, 0.15) is 13.8 Å². The maximum absolute atomic E-state index is 11.4. The molecular weight excluding hydrogens is 230 g/mol. The highest BCUT2D eigenvalue weighted by Crippen LogP contribution is 2.20. The highest BCUT2D eigenvalue weighted by atomic mass is 35.5. The molecule has 0 aliphatic heterocycles. The smallest absolute Gasteiger partial charge is 0.397 e. The van der Waals surface area contributed by atoms with Crippen molar-refractivity contribution in [3.8, 4) is 0 Å². The number of carbonyl (C=O) groups excluding carboxylic acids is 2. The van der Waals surface area contributed by atoms with Gasteiger partial charge in [-0.2, -0.15) is 0 Å². The molecule has 0 spiro atoms. The van der Waals surface area contributed by atoms with Gasteiger partial charge in [0.25, 0.3) is 0 Å². The highest BCUT2D eigenvalue weighted by Gasteiger charge is 2.17. The Morgan fingerprint density at radius 3 is 2.50 bits per heavy atom. The van der Waals surface area contributed by atoms with E-state index in [0.29, 0.717) is 10.7 Å². The predicted octanol–water partition coefficient (Wildman–Crippen LogP) is 2.23. The Bertz CT molecular complexity index is 404. The Balaban J connectivity index is 2.65. The van der Waals surface area contributed by atoms with Gasteiger partial charge >= 0.3 is 11.9 Å². The number of nitrogens with one attached hydrogen (secondary N) is 1. The monoisotopic (exact) mass is 241 g/mol. The zero-order chi connectivity index (χ0) is 12.1. The lowest BCUT2D eigenvalue weighted by Crippen LogP contribution is -2.27. The molecule has 86 valence electrons. The summed E-state index contributed by atoms with van der Waals surface area (Å²) in [5.74, 6) is -1.75. The molecule has 1 amide bonds. The molecule has 1 N–H and O–H groups in total. The lowest BCUT2D eigenvalue weighted by molar-refractivity contribution is -0.155. The van der Waals surface area contributed by atoms with Crippen LogP contribution in [0.5, 0.6) is 0 Å². The first-order chi connectivity index (χ1) is 7.50. The quantitative estimate of drug-likeness (QED) is 0.638. The number of para-hydroxylation sites is 1. The maximum atomic E-state index is 11.4. The van der Waals surface area contributed by atoms with Gasteiger partial charge in [-0.25, -0.2) is 4.79 Å². The number of halogens is 1. The zero-order valence-electron chi connectivity index (χ0n) is 8.99. The number of carbonyl (C=O) groups is 2. The second-order valence-electron chi connectivity index (χ2n) is 3.39. The van der Waals surface area contributed by atoms with E-state index >= 15 is 0 Å². The first kappa shape index (κ1) is 12.5. The fourth-order valence-corrected chi connectivity index (χ4v) is 1.19. The fourth-order valence-electron chi connectivity index (χ4n) is 1.00. The van der Waals surface area contributed by atoms with Crippen molar-refractivity contribution in [2.24, 2.45) is 0 Å². The van der Waals surface area contributed by atoms with Crippen molar-refractivity contribution < 1.29 is 14.3 Å². The molecular formula is C11H12ClNO3. The summed E-state index contributed by atoms with van der Waals surface area (Å²) in [5, 5.41) is 2.74. The van der Waals surface area contributed by atoms with Crippen molar-refractivity contribution in [3.63, 3.8) is 0 Å². The molecule has 4 nitrogen and oxygen atoms in total. The summed E-state index contributed by atoms with van der Waals surface area (Å²) in [6.45, 7) is 3.33. The lowest BCUT2D eigenvalue weighted by Gasteiger charge is -2.08. The van der Waals surface area contributed by atoms with Gasteiger partial charge in [-0.05, 0) is 26.0 Å². The molecule has 0 saturated carbocycles. The Morgan fingerprint density at radius 2 is 1.94 bits per heavy atom. The van der Waals surface area contributed by atoms with Crippen LogP contribution < -0.4 is 5.32 Å². The molecule has 0 aliphatic rings. The molecule has 0 heterocycles. The average molecular weight is 242 g/mol. The molecule has 0 atom stereocenters. The minimum atomic E-state index is -0.921. The summed E-state index contributed by atoms with van der Waals surface area (Å²) in [6, 6.07) is 6.65. The minimum absolute atomic E-state index is 0.329. The normalized spacial score (nSPS) is 10.0. The number of hydrogen-bond acceptors (Lipinski definition) is 3. The van der Waals surface area contributed by atoms with Crippen LogP contribution in [0.15, 0.2) is 24.3 Å². The van der Waals surface area contributed by atoms with Crippen LogP contribution >= 0.6 is 11.6 Å². The molecule has 0 aromatic heterocycles. The number of rotatable bonds is 2. The summed E-state index contributed by atoms with van der Waals surface area (Å²) < 4.78 is 4.73. The van der Waals surface area contributed by atoms with E-state index in [4.69, 9.17) is 16.3 Å². The molecule has 1 rings (SSSR count). The molecule has 16 heavy (non-hydrogen) atoms. The Labute approximate surface area is 98.5 Å². The molecule has 1 aromatic rings. The standard InChI is InChI=1S/C11H12ClNO3/c1-7(2)16-11(15)10(14)13-9-6-4-3-5-8(9)12/h3-7H,1-2H3,(H,13,14). The van der Waals surface area contributed by atoms with Crippen LogP contribution in [0, 0.1) is 0 Å². The molecule has 0 saturated heterocycles. The third-order valence-electron chi connectivity index (χ3n) is 1.65. The van der Waals surface area contributed by atoms with Gasteiger partial charge in [0.05, 0.1) is 16.8 Å². The molecule has 0 fully saturated rings. The Morgan fingerprint density at radius 1 is 1.31 bits per heavy atom. The first-order valence-electron chi connectivity index (χ1n) is 4.77. The van der Waals surface area contributed by atoms with Crippen molar-refractivity contribution in [2.75, 3.05) is 5.32 Å². The number of ether oxygens (including phenoxy) is 1. The summed E-state index contributed by atoms with van der Waals surface area (Å²) in [5.41, 5.74) is 0.384. The summed E-state index contributed by atoms with van der Waals surface area (Å²) >= 11 is 5.81. The van der Waals surface area contributed by atoms with Gasteiger partial charge in [0, 0.05) is 0 Å². The van der Waals surface area contributed by atoms with E-state index in [-0.39, 0.29) is 6.10 Å². The summed E-state index contributed by atoms with van der Waals surface area (Å²) in [4.78, 5) is 22.5. The second-order valence-corrected chi connectivity index (χ2v) is 3.80. The molecule has 5 heteroatoms. The van der Waals surface area contributed by atoms with Crippen LogP contribution in [0.4, 0.5) is 5.69 Å². The number of amides is 1. The molecule has 0 unspecified atom stereocenters. The summed E-state index contributed by atoms with van der Waals surface area (Å²) in [7, 11) is 0. The highest BCUT2D eigenvalue weighted by molar-refractivity contribution is 6.39. The van der Waals surface area contributed by atoms with E-state index in [1.54, 1.807) is 38.1 Å². The van der Waals surface area contributed by atoms with Gasteiger partial charge in [-0.1, -0.05) is 23.7 Å². The van der Waals surface area contributed by atoms with Gasteiger partial charge in [-0.3, -0.25) is 4.79 Å². The van der Waals surface area contributed by atoms with Crippen LogP contribution in [0.2, 0.25) is 5.02 Å². The van der Waals surface area contributed by atoms with E-state index in [0.717, 1.165) is 0 Å². The minimum Gasteiger partial charge on any atom is -0.456 e. The lowest BCUT2D eigenvalue weighted by atomic mass is 10.3. The SMILES string of the molecule is CC(C)OC(=O)C(=O)Nc1ccccc1Cl. The maximum Gasteiger partial charge on any atom is 0.397 e. The van der Waals surface area contributed by atoms with Crippen molar-refractivity contribution in [3.05, 3.63) is 29.3 Å². The fraction of sp³-hybridized carbons (Fsp3) is 0.273. The number of hydrogen-bond donors (Lipinski definition) is 1. The molecule has 0 bridgehead atoms. The van der Waals surface area contributed by atoms with Crippen LogP contribution in [-0.2, 0) is 14.3 Å². The van der Waals surface area contributed by atoms with Gasteiger partial charge < -0.3 is 10.1 Å². The van der Waals surface area contributed by atoms with Gasteiger partial charge in [0.2, 0.25) is 0 Å². The predicted molar refractivity (Wildman–Crippen MR) is 61.3 cm³/mol. The van der Waals surface area contributed by atoms with Crippen molar-refractivity contribution in [1.82, 2.24) is 0 Å². The Kier molecular flexibility index (Phi) is 4.31. The van der Waals surface area contributed by atoms with Crippen LogP contribution in [0.25, 0.3) is 0 Å². The molecule has 0 aliphatic carbocycles. The van der Waals surface area contributed by atoms with Crippen LogP contribution in [0.3, 0.4) is 0 Å². The topological polar surface area (TPSA) is 55.4 Å². The number of anilines is 1. The van der Waals surface area contributed by atoms with E-state index in [2.05, 4.69) is 5.32 Å². The van der Waals surface area contributed by atoms with E-state index in [1.807, 2.05) is 0 Å². The molecule has 0 radical (unpaired) electrons. The van der Waals surface area contributed by atoms with Crippen molar-refractivity contribution in [2.45, 2.75) is 20.0 Å². The third-order valence-corrected chi connectivity index (χ3v) is 1.98. The number of esters is 1. The zero-order valence-corrected chi connectivity index (χ0v) is 9.75.